The lowest BCUT2D eigenvalue weighted by Gasteiger charge is -2.55. The Kier molecular flexibility index (Phi) is 4.91. The molecule has 1 saturated heterocycles. The van der Waals surface area contributed by atoms with Crippen molar-refractivity contribution < 1.29 is 9.53 Å². The predicted molar refractivity (Wildman–Crippen MR) is 92.5 cm³/mol. The van der Waals surface area contributed by atoms with Crippen molar-refractivity contribution in [3.8, 4) is 0 Å². The van der Waals surface area contributed by atoms with Crippen LogP contribution in [-0.4, -0.2) is 41.3 Å². The standard InChI is InChI=1S/C19H34N2O2/c1-18(2,3)23-17(22)21-12-9-16(13-19(21)10-6-11-19)20-14-15-7-4-5-8-15/h15-16,20H,4-14H2,1-3H3. The van der Waals surface area contributed by atoms with E-state index in [2.05, 4.69) is 10.2 Å². The third-order valence-corrected chi connectivity index (χ3v) is 5.97. The van der Waals surface area contributed by atoms with Gasteiger partial charge in [0.15, 0.2) is 0 Å². The Morgan fingerprint density at radius 2 is 1.87 bits per heavy atom. The van der Waals surface area contributed by atoms with Gasteiger partial charge in [0.05, 0.1) is 0 Å². The van der Waals surface area contributed by atoms with Crippen molar-refractivity contribution in [2.24, 2.45) is 5.92 Å². The van der Waals surface area contributed by atoms with Crippen LogP contribution in [0.5, 0.6) is 0 Å². The Morgan fingerprint density at radius 1 is 1.17 bits per heavy atom. The van der Waals surface area contributed by atoms with E-state index in [1.54, 1.807) is 0 Å². The Balaban J connectivity index is 1.55. The molecule has 3 aliphatic rings. The number of ether oxygens (including phenoxy) is 1. The van der Waals surface area contributed by atoms with Gasteiger partial charge in [0.1, 0.15) is 5.60 Å². The zero-order chi connectivity index (χ0) is 16.5. The Labute approximate surface area is 141 Å². The number of hydrogen-bond acceptors (Lipinski definition) is 3. The van der Waals surface area contributed by atoms with Gasteiger partial charge >= 0.3 is 6.09 Å². The highest BCUT2D eigenvalue weighted by molar-refractivity contribution is 5.69. The second kappa shape index (κ2) is 6.62. The molecule has 132 valence electrons. The lowest BCUT2D eigenvalue weighted by Crippen LogP contribution is -2.63. The molecule has 3 fully saturated rings. The van der Waals surface area contributed by atoms with E-state index in [4.69, 9.17) is 4.74 Å². The number of hydrogen-bond donors (Lipinski definition) is 1. The summed E-state index contributed by atoms with van der Waals surface area (Å²) in [5.41, 5.74) is -0.326. The van der Waals surface area contributed by atoms with Crippen LogP contribution in [0.2, 0.25) is 0 Å². The van der Waals surface area contributed by atoms with Gasteiger partial charge < -0.3 is 15.0 Å². The lowest BCUT2D eigenvalue weighted by molar-refractivity contribution is -0.0495. The first-order chi connectivity index (χ1) is 10.9. The van der Waals surface area contributed by atoms with Crippen molar-refractivity contribution in [2.45, 2.75) is 95.7 Å². The van der Waals surface area contributed by atoms with Gasteiger partial charge in [-0.05, 0) is 78.2 Å². The molecule has 2 saturated carbocycles. The highest BCUT2D eigenvalue weighted by Gasteiger charge is 2.49. The fourth-order valence-corrected chi connectivity index (χ4v) is 4.58. The highest BCUT2D eigenvalue weighted by Crippen LogP contribution is 2.45. The molecule has 0 aromatic carbocycles. The first-order valence-corrected chi connectivity index (χ1v) is 9.62. The van der Waals surface area contributed by atoms with Gasteiger partial charge in [-0.15, -0.1) is 0 Å². The van der Waals surface area contributed by atoms with Crippen LogP contribution < -0.4 is 5.32 Å². The van der Waals surface area contributed by atoms with Crippen molar-refractivity contribution in [1.29, 1.82) is 0 Å². The molecule has 2 aliphatic carbocycles. The van der Waals surface area contributed by atoms with Gasteiger partial charge in [0.2, 0.25) is 0 Å². The molecule has 23 heavy (non-hydrogen) atoms. The summed E-state index contributed by atoms with van der Waals surface area (Å²) in [6, 6.07) is 0.578. The maximum absolute atomic E-state index is 12.6. The summed E-state index contributed by atoms with van der Waals surface area (Å²) in [6.45, 7) is 7.88. The number of likely N-dealkylation sites (tertiary alicyclic amines) is 1. The number of carbonyl (C=O) groups excluding carboxylic acids is 1. The van der Waals surface area contributed by atoms with E-state index in [-0.39, 0.29) is 11.6 Å². The summed E-state index contributed by atoms with van der Waals surface area (Å²) in [5, 5.41) is 3.82. The summed E-state index contributed by atoms with van der Waals surface area (Å²) in [5.74, 6) is 0.885. The van der Waals surface area contributed by atoms with Crippen molar-refractivity contribution in [3.63, 3.8) is 0 Å². The topological polar surface area (TPSA) is 41.6 Å². The Bertz CT molecular complexity index is 420. The number of nitrogens with zero attached hydrogens (tertiary/aromatic N) is 1. The van der Waals surface area contributed by atoms with Crippen LogP contribution in [0.3, 0.4) is 0 Å². The quantitative estimate of drug-likeness (QED) is 0.851. The summed E-state index contributed by atoms with van der Waals surface area (Å²) in [4.78, 5) is 14.6. The molecule has 1 unspecified atom stereocenters. The predicted octanol–water partition coefficient (Wildman–Crippen LogP) is 4.09. The van der Waals surface area contributed by atoms with E-state index in [0.29, 0.717) is 6.04 Å². The van der Waals surface area contributed by atoms with Crippen LogP contribution in [0.25, 0.3) is 0 Å². The highest BCUT2D eigenvalue weighted by atomic mass is 16.6. The molecule has 0 aromatic rings. The largest absolute Gasteiger partial charge is 0.444 e. The fraction of sp³-hybridized carbons (Fsp3) is 0.947. The summed E-state index contributed by atoms with van der Waals surface area (Å²) >= 11 is 0. The lowest BCUT2D eigenvalue weighted by atomic mass is 9.69. The van der Waals surface area contributed by atoms with Crippen LogP contribution in [0.4, 0.5) is 4.79 Å². The molecule has 0 aromatic heterocycles. The van der Waals surface area contributed by atoms with Crippen molar-refractivity contribution in [3.05, 3.63) is 0 Å². The maximum atomic E-state index is 12.6. The minimum absolute atomic E-state index is 0.0773. The molecule has 0 bridgehead atoms. The second-order valence-corrected chi connectivity index (χ2v) is 8.96. The van der Waals surface area contributed by atoms with E-state index in [1.807, 2.05) is 20.8 Å². The average molecular weight is 322 g/mol. The van der Waals surface area contributed by atoms with Crippen LogP contribution in [0, 0.1) is 5.92 Å². The van der Waals surface area contributed by atoms with Crippen molar-refractivity contribution in [2.75, 3.05) is 13.1 Å². The zero-order valence-electron chi connectivity index (χ0n) is 15.2. The number of amides is 1. The van der Waals surface area contributed by atoms with E-state index in [0.717, 1.165) is 38.1 Å². The third-order valence-electron chi connectivity index (χ3n) is 5.97. The number of piperidine rings is 1. The molecular formula is C19H34N2O2. The molecule has 1 spiro atoms. The van der Waals surface area contributed by atoms with Crippen molar-refractivity contribution in [1.82, 2.24) is 10.2 Å². The minimum Gasteiger partial charge on any atom is -0.444 e. The molecule has 3 rings (SSSR count). The molecule has 0 radical (unpaired) electrons. The minimum atomic E-state index is -0.403. The van der Waals surface area contributed by atoms with Gasteiger partial charge in [-0.2, -0.15) is 0 Å². The first kappa shape index (κ1) is 17.1. The van der Waals surface area contributed by atoms with Gasteiger partial charge in [-0.1, -0.05) is 12.8 Å². The van der Waals surface area contributed by atoms with E-state index >= 15 is 0 Å². The molecule has 1 atom stereocenters. The molecule has 1 N–H and O–H groups in total. The maximum Gasteiger partial charge on any atom is 0.410 e. The van der Waals surface area contributed by atoms with Gasteiger partial charge in [0.25, 0.3) is 0 Å². The molecule has 1 aliphatic heterocycles. The summed E-state index contributed by atoms with van der Waals surface area (Å²) in [6.07, 6.45) is 11.2. The van der Waals surface area contributed by atoms with E-state index < -0.39 is 5.60 Å². The van der Waals surface area contributed by atoms with Gasteiger partial charge in [-0.3, -0.25) is 0 Å². The summed E-state index contributed by atoms with van der Waals surface area (Å²) in [7, 11) is 0. The molecule has 4 heteroatoms. The SMILES string of the molecule is CC(C)(C)OC(=O)N1CCC(NCC2CCCC2)CC12CCC2. The average Bonchev–Trinajstić information content (AvgIpc) is 2.94. The monoisotopic (exact) mass is 322 g/mol. The van der Waals surface area contributed by atoms with Crippen LogP contribution in [0.15, 0.2) is 0 Å². The van der Waals surface area contributed by atoms with Crippen molar-refractivity contribution >= 4 is 6.09 Å². The van der Waals surface area contributed by atoms with Crippen LogP contribution in [0.1, 0.15) is 78.6 Å². The van der Waals surface area contributed by atoms with E-state index in [9.17, 15) is 4.79 Å². The smallest absolute Gasteiger partial charge is 0.410 e. The number of carbonyl (C=O) groups is 1. The van der Waals surface area contributed by atoms with Crippen LogP contribution >= 0.6 is 0 Å². The second-order valence-electron chi connectivity index (χ2n) is 8.96. The zero-order valence-corrected chi connectivity index (χ0v) is 15.2. The molecule has 4 nitrogen and oxygen atoms in total. The number of nitrogens with one attached hydrogen (secondary N) is 1. The van der Waals surface area contributed by atoms with Gasteiger partial charge in [-0.25, -0.2) is 4.79 Å². The van der Waals surface area contributed by atoms with Crippen LogP contribution in [-0.2, 0) is 4.74 Å². The molecular weight excluding hydrogens is 288 g/mol. The first-order valence-electron chi connectivity index (χ1n) is 9.62. The number of rotatable bonds is 3. The van der Waals surface area contributed by atoms with Gasteiger partial charge in [0, 0.05) is 18.1 Å². The fourth-order valence-electron chi connectivity index (χ4n) is 4.58. The molecule has 1 amide bonds. The third kappa shape index (κ3) is 4.01. The normalized spacial score (nSPS) is 28.0. The van der Waals surface area contributed by atoms with E-state index in [1.165, 1.54) is 38.6 Å². The Hall–Kier alpha value is -0.770. The molecule has 1 heterocycles. The Morgan fingerprint density at radius 3 is 2.43 bits per heavy atom. The summed E-state index contributed by atoms with van der Waals surface area (Å²) < 4.78 is 5.65.